The third kappa shape index (κ3) is 6.04. The summed E-state index contributed by atoms with van der Waals surface area (Å²) in [6.45, 7) is 3.77. The van der Waals surface area contributed by atoms with Crippen molar-refractivity contribution in [2.24, 2.45) is 0 Å². The molecule has 4 rings (SSSR count). The van der Waals surface area contributed by atoms with Gasteiger partial charge in [0, 0.05) is 43.5 Å². The number of nitriles is 1. The van der Waals surface area contributed by atoms with Gasteiger partial charge >= 0.3 is 6.03 Å². The Morgan fingerprint density at radius 1 is 1.03 bits per heavy atom. The number of urea groups is 1. The fourth-order valence-electron chi connectivity index (χ4n) is 4.81. The summed E-state index contributed by atoms with van der Waals surface area (Å²) in [5, 5.41) is 14.6. The zero-order chi connectivity index (χ0) is 25.9. The van der Waals surface area contributed by atoms with Crippen LogP contribution < -0.4 is 10.6 Å². The van der Waals surface area contributed by atoms with Gasteiger partial charge in [-0.05, 0) is 67.5 Å². The predicted octanol–water partition coefficient (Wildman–Crippen LogP) is 3.04. The average molecular weight is 510 g/mol. The molecule has 3 amide bonds. The maximum absolute atomic E-state index is 13.2. The highest BCUT2D eigenvalue weighted by molar-refractivity contribution is 7.88. The fraction of sp³-hybridized carbons (Fsp3) is 0.423. The smallest absolute Gasteiger partial charge is 0.319 e. The van der Waals surface area contributed by atoms with Crippen LogP contribution in [-0.4, -0.2) is 68.0 Å². The Bertz CT molecular complexity index is 1280. The molecule has 0 radical (unpaired) electrons. The van der Waals surface area contributed by atoms with E-state index in [1.165, 1.54) is 9.87 Å². The van der Waals surface area contributed by atoms with Crippen molar-refractivity contribution in [1.82, 2.24) is 14.5 Å². The third-order valence-corrected chi connectivity index (χ3v) is 8.25. The lowest BCUT2D eigenvalue weighted by Crippen LogP contribution is -2.40. The highest BCUT2D eigenvalue weighted by Crippen LogP contribution is 2.29. The van der Waals surface area contributed by atoms with E-state index < -0.39 is 16.1 Å². The largest absolute Gasteiger partial charge is 0.339 e. The number of piperidine rings is 1. The lowest BCUT2D eigenvalue weighted by Gasteiger charge is -2.32. The molecule has 2 aromatic rings. The molecule has 2 aromatic carbocycles. The number of benzene rings is 2. The van der Waals surface area contributed by atoms with Gasteiger partial charge in [0.15, 0.2) is 0 Å². The molecule has 9 nitrogen and oxygen atoms in total. The molecule has 190 valence electrons. The summed E-state index contributed by atoms with van der Waals surface area (Å²) in [5.41, 5.74) is 3.71. The van der Waals surface area contributed by atoms with E-state index in [0.29, 0.717) is 48.8 Å². The summed E-state index contributed by atoms with van der Waals surface area (Å²) in [5.74, 6) is 0.284. The van der Waals surface area contributed by atoms with Gasteiger partial charge in [0.25, 0.3) is 5.91 Å². The quantitative estimate of drug-likeness (QED) is 0.641. The Hall–Kier alpha value is -3.42. The van der Waals surface area contributed by atoms with Crippen LogP contribution in [0.3, 0.4) is 0 Å². The number of amides is 3. The predicted molar refractivity (Wildman–Crippen MR) is 137 cm³/mol. The maximum Gasteiger partial charge on any atom is 0.319 e. The second-order valence-electron chi connectivity index (χ2n) is 9.54. The van der Waals surface area contributed by atoms with Gasteiger partial charge in [-0.2, -0.15) is 5.26 Å². The number of carbonyl (C=O) groups excluding carboxylic acids is 2. The normalized spacial score (nSPS) is 19.0. The van der Waals surface area contributed by atoms with E-state index in [9.17, 15) is 18.0 Å². The Morgan fingerprint density at radius 2 is 1.72 bits per heavy atom. The first kappa shape index (κ1) is 25.7. The molecule has 0 bridgehead atoms. The molecule has 0 aromatic heterocycles. The molecule has 1 atom stereocenters. The van der Waals surface area contributed by atoms with E-state index in [4.69, 9.17) is 5.26 Å². The van der Waals surface area contributed by atoms with Gasteiger partial charge < -0.3 is 15.5 Å². The van der Waals surface area contributed by atoms with Crippen LogP contribution in [0.4, 0.5) is 10.5 Å². The van der Waals surface area contributed by atoms with Crippen molar-refractivity contribution < 1.29 is 18.0 Å². The molecule has 0 spiro atoms. The van der Waals surface area contributed by atoms with E-state index in [0.717, 1.165) is 24.7 Å². The second kappa shape index (κ2) is 10.7. The number of anilines is 1. The van der Waals surface area contributed by atoms with E-state index in [-0.39, 0.29) is 18.5 Å². The molecule has 0 unspecified atom stereocenters. The zero-order valence-electron chi connectivity index (χ0n) is 20.5. The number of carbonyl (C=O) groups is 2. The van der Waals surface area contributed by atoms with Crippen LogP contribution in [0.1, 0.15) is 52.2 Å². The topological polar surface area (TPSA) is 123 Å². The molecule has 2 heterocycles. The van der Waals surface area contributed by atoms with E-state index >= 15 is 0 Å². The van der Waals surface area contributed by atoms with Crippen LogP contribution in [0.25, 0.3) is 0 Å². The Labute approximate surface area is 212 Å². The van der Waals surface area contributed by atoms with Crippen molar-refractivity contribution in [2.75, 3.05) is 37.8 Å². The molecule has 2 aliphatic rings. The van der Waals surface area contributed by atoms with Crippen LogP contribution >= 0.6 is 0 Å². The molecule has 10 heteroatoms. The average Bonchev–Trinajstić information content (AvgIpc) is 3.34. The molecule has 0 saturated carbocycles. The Kier molecular flexibility index (Phi) is 7.62. The number of hydrogen-bond donors (Lipinski definition) is 2. The summed E-state index contributed by atoms with van der Waals surface area (Å²) in [7, 11) is -3.28. The van der Waals surface area contributed by atoms with Gasteiger partial charge in [0.05, 0.1) is 17.9 Å². The molecule has 2 N–H and O–H groups in total. The summed E-state index contributed by atoms with van der Waals surface area (Å²) < 4.78 is 24.7. The standard InChI is InChI=1S/C26H31N5O4S/c1-18-3-6-22(15-24(18)29-26(33)28-23-11-14-31(17-23)36(2,34)35)25(32)30-12-9-21(10-13-30)20-7-4-19(16-27)5-8-20/h3-8,15,21,23H,9-14,17H2,1-2H3,(H2,28,29,33)/t23-/m1/s1. The number of sulfonamides is 1. The van der Waals surface area contributed by atoms with Gasteiger partial charge in [-0.15, -0.1) is 0 Å². The molecule has 2 aliphatic heterocycles. The molecule has 36 heavy (non-hydrogen) atoms. The zero-order valence-corrected chi connectivity index (χ0v) is 21.3. The van der Waals surface area contributed by atoms with Gasteiger partial charge in [0.2, 0.25) is 10.0 Å². The first-order chi connectivity index (χ1) is 17.1. The summed E-state index contributed by atoms with van der Waals surface area (Å²) >= 11 is 0. The fourth-order valence-corrected chi connectivity index (χ4v) is 5.70. The molecule has 2 saturated heterocycles. The number of rotatable bonds is 5. The first-order valence-corrected chi connectivity index (χ1v) is 13.9. The lowest BCUT2D eigenvalue weighted by atomic mass is 9.89. The summed E-state index contributed by atoms with van der Waals surface area (Å²) in [6, 6.07) is 14.4. The third-order valence-electron chi connectivity index (χ3n) is 6.98. The van der Waals surface area contributed by atoms with Gasteiger partial charge in [-0.1, -0.05) is 18.2 Å². The van der Waals surface area contributed by atoms with Crippen LogP contribution in [0.15, 0.2) is 42.5 Å². The molecule has 0 aliphatic carbocycles. The Morgan fingerprint density at radius 3 is 2.33 bits per heavy atom. The second-order valence-corrected chi connectivity index (χ2v) is 11.5. The first-order valence-electron chi connectivity index (χ1n) is 12.1. The van der Waals surface area contributed by atoms with Crippen molar-refractivity contribution >= 4 is 27.6 Å². The summed E-state index contributed by atoms with van der Waals surface area (Å²) in [6.07, 6.45) is 3.42. The van der Waals surface area contributed by atoms with Crippen LogP contribution in [0, 0.1) is 18.3 Å². The summed E-state index contributed by atoms with van der Waals surface area (Å²) in [4.78, 5) is 27.6. The highest BCUT2D eigenvalue weighted by atomic mass is 32.2. The molecular weight excluding hydrogens is 478 g/mol. The monoisotopic (exact) mass is 509 g/mol. The van der Waals surface area contributed by atoms with Crippen molar-refractivity contribution in [2.45, 2.75) is 38.1 Å². The number of nitrogens with one attached hydrogen (secondary N) is 2. The van der Waals surface area contributed by atoms with Crippen LogP contribution in [0.2, 0.25) is 0 Å². The minimum Gasteiger partial charge on any atom is -0.339 e. The Balaban J connectivity index is 1.34. The number of aryl methyl sites for hydroxylation is 1. The lowest BCUT2D eigenvalue weighted by molar-refractivity contribution is 0.0713. The SMILES string of the molecule is Cc1ccc(C(=O)N2CCC(c3ccc(C#N)cc3)CC2)cc1NC(=O)N[C@@H]1CCN(S(C)(=O)=O)C1. The minimum absolute atomic E-state index is 0.0728. The van der Waals surface area contributed by atoms with Gasteiger partial charge in [-0.25, -0.2) is 17.5 Å². The van der Waals surface area contributed by atoms with E-state index in [1.54, 1.807) is 12.1 Å². The van der Waals surface area contributed by atoms with E-state index in [1.807, 2.05) is 42.2 Å². The van der Waals surface area contributed by atoms with Gasteiger partial charge in [0.1, 0.15) is 0 Å². The minimum atomic E-state index is -3.28. The molecular formula is C26H31N5O4S. The maximum atomic E-state index is 13.2. The number of nitrogens with zero attached hydrogens (tertiary/aromatic N) is 3. The van der Waals surface area contributed by atoms with Gasteiger partial charge in [-0.3, -0.25) is 4.79 Å². The van der Waals surface area contributed by atoms with Crippen molar-refractivity contribution in [1.29, 1.82) is 5.26 Å². The number of likely N-dealkylation sites (tertiary alicyclic amines) is 1. The molecule has 2 fully saturated rings. The number of hydrogen-bond acceptors (Lipinski definition) is 5. The van der Waals surface area contributed by atoms with E-state index in [2.05, 4.69) is 16.7 Å². The van der Waals surface area contributed by atoms with Crippen molar-refractivity contribution in [3.63, 3.8) is 0 Å². The highest BCUT2D eigenvalue weighted by Gasteiger charge is 2.30. The van der Waals surface area contributed by atoms with Crippen molar-refractivity contribution in [3.8, 4) is 6.07 Å². The van der Waals surface area contributed by atoms with Crippen molar-refractivity contribution in [3.05, 3.63) is 64.7 Å². The van der Waals surface area contributed by atoms with Crippen LogP contribution in [0.5, 0.6) is 0 Å². The van der Waals surface area contributed by atoms with Crippen LogP contribution in [-0.2, 0) is 10.0 Å².